The summed E-state index contributed by atoms with van der Waals surface area (Å²) in [5, 5.41) is 0. The molecule has 0 aromatic carbocycles. The zero-order valence-electron chi connectivity index (χ0n) is 11.2. The highest BCUT2D eigenvalue weighted by Gasteiger charge is 2.32. The van der Waals surface area contributed by atoms with Crippen molar-refractivity contribution in [2.24, 2.45) is 5.92 Å². The summed E-state index contributed by atoms with van der Waals surface area (Å²) in [5.41, 5.74) is 1.37. The fourth-order valence-corrected chi connectivity index (χ4v) is 3.47. The molecule has 2 unspecified atom stereocenters. The number of pyridine rings is 1. The van der Waals surface area contributed by atoms with E-state index in [9.17, 15) is 0 Å². The van der Waals surface area contributed by atoms with Gasteiger partial charge in [0.1, 0.15) is 0 Å². The van der Waals surface area contributed by atoms with Crippen molar-refractivity contribution >= 4 is 15.9 Å². The van der Waals surface area contributed by atoms with Gasteiger partial charge in [0.2, 0.25) is 0 Å². The number of rotatable bonds is 6. The summed E-state index contributed by atoms with van der Waals surface area (Å²) in [6.07, 6.45) is 7.99. The van der Waals surface area contributed by atoms with Crippen molar-refractivity contribution in [3.05, 3.63) is 30.1 Å². The molecular formula is C15H22BrNO. The molecule has 0 N–H and O–H groups in total. The Morgan fingerprint density at radius 2 is 2.06 bits per heavy atom. The average Bonchev–Trinajstić information content (AvgIpc) is 2.36. The molecule has 0 amide bonds. The van der Waals surface area contributed by atoms with E-state index in [0.29, 0.717) is 16.8 Å². The molecule has 18 heavy (non-hydrogen) atoms. The summed E-state index contributed by atoms with van der Waals surface area (Å²) in [6, 6.07) is 4.23. The highest BCUT2D eigenvalue weighted by atomic mass is 79.9. The Balaban J connectivity index is 1.77. The van der Waals surface area contributed by atoms with Crippen molar-refractivity contribution in [2.75, 3.05) is 6.61 Å². The fourth-order valence-electron chi connectivity index (χ4n) is 2.64. The standard InChI is InChI=1S/C15H22BrNO/c1-3-18-14-8-12(9-14)10-15(16)11(2)13-4-6-17-7-5-13/h4-7,11-12,14-15H,3,8-10H2,1-2H3. The van der Waals surface area contributed by atoms with Gasteiger partial charge in [-0.05, 0) is 55.7 Å². The third kappa shape index (κ3) is 3.55. The Bertz CT molecular complexity index is 351. The quantitative estimate of drug-likeness (QED) is 0.736. The second-order valence-corrected chi connectivity index (χ2v) is 6.41. The molecule has 2 nitrogen and oxygen atoms in total. The molecule has 0 bridgehead atoms. The minimum atomic E-state index is 0.524. The smallest absolute Gasteiger partial charge is 0.0580 e. The molecule has 1 aliphatic rings. The van der Waals surface area contributed by atoms with Crippen molar-refractivity contribution in [3.8, 4) is 0 Å². The second kappa shape index (κ2) is 6.67. The van der Waals surface area contributed by atoms with Crippen molar-refractivity contribution in [1.82, 2.24) is 4.98 Å². The maximum absolute atomic E-state index is 5.61. The van der Waals surface area contributed by atoms with Gasteiger partial charge < -0.3 is 4.74 Å². The van der Waals surface area contributed by atoms with Gasteiger partial charge in [-0.2, -0.15) is 0 Å². The molecule has 1 saturated carbocycles. The van der Waals surface area contributed by atoms with Gasteiger partial charge in [0.25, 0.3) is 0 Å². The predicted octanol–water partition coefficient (Wildman–Crippen LogP) is 4.15. The molecule has 2 rings (SSSR count). The largest absolute Gasteiger partial charge is 0.378 e. The van der Waals surface area contributed by atoms with E-state index < -0.39 is 0 Å². The molecule has 2 atom stereocenters. The van der Waals surface area contributed by atoms with Crippen LogP contribution in [0.25, 0.3) is 0 Å². The number of hydrogen-bond acceptors (Lipinski definition) is 2. The lowest BCUT2D eigenvalue weighted by molar-refractivity contribution is -0.0267. The van der Waals surface area contributed by atoms with Crippen LogP contribution in [0.1, 0.15) is 44.6 Å². The molecule has 1 aliphatic carbocycles. The van der Waals surface area contributed by atoms with E-state index in [1.165, 1.54) is 24.8 Å². The topological polar surface area (TPSA) is 22.1 Å². The van der Waals surface area contributed by atoms with Crippen molar-refractivity contribution < 1.29 is 4.74 Å². The van der Waals surface area contributed by atoms with Gasteiger partial charge in [0.05, 0.1) is 6.10 Å². The summed E-state index contributed by atoms with van der Waals surface area (Å²) >= 11 is 3.85. The lowest BCUT2D eigenvalue weighted by Gasteiger charge is -2.37. The van der Waals surface area contributed by atoms with E-state index in [4.69, 9.17) is 4.74 Å². The highest BCUT2D eigenvalue weighted by molar-refractivity contribution is 9.09. The van der Waals surface area contributed by atoms with Gasteiger partial charge >= 0.3 is 0 Å². The molecule has 0 saturated heterocycles. The van der Waals surface area contributed by atoms with Crippen LogP contribution >= 0.6 is 15.9 Å². The van der Waals surface area contributed by atoms with Gasteiger partial charge in [-0.1, -0.05) is 22.9 Å². The molecule has 1 aromatic rings. The van der Waals surface area contributed by atoms with Gasteiger partial charge in [-0.15, -0.1) is 0 Å². The maximum Gasteiger partial charge on any atom is 0.0580 e. The molecule has 0 spiro atoms. The van der Waals surface area contributed by atoms with E-state index >= 15 is 0 Å². The molecule has 0 aliphatic heterocycles. The molecule has 3 heteroatoms. The molecule has 1 aromatic heterocycles. The van der Waals surface area contributed by atoms with Crippen LogP contribution < -0.4 is 0 Å². The number of ether oxygens (including phenoxy) is 1. The first kappa shape index (κ1) is 14.0. The van der Waals surface area contributed by atoms with Crippen LogP contribution in [0.4, 0.5) is 0 Å². The van der Waals surface area contributed by atoms with Gasteiger partial charge in [0.15, 0.2) is 0 Å². The summed E-state index contributed by atoms with van der Waals surface area (Å²) < 4.78 is 5.61. The van der Waals surface area contributed by atoms with Crippen molar-refractivity contribution in [2.45, 2.75) is 50.0 Å². The van der Waals surface area contributed by atoms with Gasteiger partial charge in [0, 0.05) is 23.8 Å². The zero-order valence-corrected chi connectivity index (χ0v) is 12.8. The van der Waals surface area contributed by atoms with E-state index in [1.54, 1.807) is 0 Å². The number of halogens is 1. The molecule has 1 fully saturated rings. The normalized spacial score (nSPS) is 26.4. The second-order valence-electron chi connectivity index (χ2n) is 5.24. The molecular weight excluding hydrogens is 290 g/mol. The fraction of sp³-hybridized carbons (Fsp3) is 0.667. The van der Waals surface area contributed by atoms with Crippen LogP contribution in [0.15, 0.2) is 24.5 Å². The third-order valence-electron chi connectivity index (χ3n) is 3.93. The average molecular weight is 312 g/mol. The minimum Gasteiger partial charge on any atom is -0.378 e. The molecule has 1 heterocycles. The van der Waals surface area contributed by atoms with Gasteiger partial charge in [-0.3, -0.25) is 4.98 Å². The number of hydrogen-bond donors (Lipinski definition) is 0. The first-order valence-corrected chi connectivity index (χ1v) is 7.77. The van der Waals surface area contributed by atoms with Crippen molar-refractivity contribution in [3.63, 3.8) is 0 Å². The molecule has 100 valence electrons. The number of nitrogens with zero attached hydrogens (tertiary/aromatic N) is 1. The first-order valence-electron chi connectivity index (χ1n) is 6.86. The third-order valence-corrected chi connectivity index (χ3v) is 5.09. The number of aromatic nitrogens is 1. The Morgan fingerprint density at radius 1 is 1.39 bits per heavy atom. The lowest BCUT2D eigenvalue weighted by Crippen LogP contribution is -2.33. The Kier molecular flexibility index (Phi) is 5.19. The minimum absolute atomic E-state index is 0.524. The summed E-state index contributed by atoms with van der Waals surface area (Å²) in [7, 11) is 0. The van der Waals surface area contributed by atoms with Crippen LogP contribution in [0.3, 0.4) is 0 Å². The Hall–Kier alpha value is -0.410. The Labute approximate surface area is 118 Å². The highest BCUT2D eigenvalue weighted by Crippen LogP contribution is 2.38. The van der Waals surface area contributed by atoms with E-state index in [1.807, 2.05) is 12.4 Å². The summed E-state index contributed by atoms with van der Waals surface area (Å²) in [4.78, 5) is 4.62. The monoisotopic (exact) mass is 311 g/mol. The van der Waals surface area contributed by atoms with Crippen LogP contribution in [0.2, 0.25) is 0 Å². The first-order chi connectivity index (χ1) is 8.70. The van der Waals surface area contributed by atoms with E-state index in [2.05, 4.69) is 46.9 Å². The van der Waals surface area contributed by atoms with E-state index in [0.717, 1.165) is 12.5 Å². The van der Waals surface area contributed by atoms with E-state index in [-0.39, 0.29) is 0 Å². The predicted molar refractivity (Wildman–Crippen MR) is 78.1 cm³/mol. The van der Waals surface area contributed by atoms with Crippen molar-refractivity contribution in [1.29, 1.82) is 0 Å². The van der Waals surface area contributed by atoms with Crippen LogP contribution in [0, 0.1) is 5.92 Å². The van der Waals surface area contributed by atoms with Crippen LogP contribution in [-0.2, 0) is 4.74 Å². The maximum atomic E-state index is 5.61. The molecule has 0 radical (unpaired) electrons. The zero-order chi connectivity index (χ0) is 13.0. The number of alkyl halides is 1. The lowest BCUT2D eigenvalue weighted by atomic mass is 9.77. The summed E-state index contributed by atoms with van der Waals surface area (Å²) in [6.45, 7) is 5.21. The van der Waals surface area contributed by atoms with Crippen LogP contribution in [0.5, 0.6) is 0 Å². The SMILES string of the molecule is CCOC1CC(CC(Br)C(C)c2ccncc2)C1. The van der Waals surface area contributed by atoms with Crippen LogP contribution in [-0.4, -0.2) is 22.5 Å². The Morgan fingerprint density at radius 3 is 2.67 bits per heavy atom. The van der Waals surface area contributed by atoms with Gasteiger partial charge in [-0.25, -0.2) is 0 Å². The summed E-state index contributed by atoms with van der Waals surface area (Å²) in [5.74, 6) is 1.37.